The highest BCUT2D eigenvalue weighted by Gasteiger charge is 2.28. The minimum absolute atomic E-state index is 0.0560. The van der Waals surface area contributed by atoms with Crippen molar-refractivity contribution in [1.29, 1.82) is 0 Å². The van der Waals surface area contributed by atoms with Crippen molar-refractivity contribution in [3.05, 3.63) is 45.1 Å². The highest BCUT2D eigenvalue weighted by Crippen LogP contribution is 2.38. The van der Waals surface area contributed by atoms with Gasteiger partial charge in [-0.1, -0.05) is 43.1 Å². The summed E-state index contributed by atoms with van der Waals surface area (Å²) < 4.78 is 13.2. The number of alkyl carbamates (subject to hydrolysis) is 2. The van der Waals surface area contributed by atoms with Gasteiger partial charge in [0.1, 0.15) is 13.2 Å². The lowest BCUT2D eigenvalue weighted by atomic mass is 10.0. The SMILES string of the molecule is CCCNC(=O)OCc1c(COC(=O)NCCC)c(-c2ccc(Cl)c(Cl)c2)n2c1CCC2. The molecule has 2 aromatic rings. The first-order valence-electron chi connectivity index (χ1n) is 11.0. The first-order valence-corrected chi connectivity index (χ1v) is 11.7. The molecule has 7 nitrogen and oxygen atoms in total. The van der Waals surface area contributed by atoms with Gasteiger partial charge in [0.2, 0.25) is 0 Å². The molecule has 1 aromatic carbocycles. The average molecular weight is 482 g/mol. The summed E-state index contributed by atoms with van der Waals surface area (Å²) in [5.74, 6) is 0. The normalized spacial score (nSPS) is 12.4. The van der Waals surface area contributed by atoms with E-state index in [0.29, 0.717) is 23.1 Å². The zero-order valence-corrected chi connectivity index (χ0v) is 19.9. The van der Waals surface area contributed by atoms with E-state index in [1.165, 1.54) is 0 Å². The Bertz CT molecular complexity index is 975. The number of nitrogens with zero attached hydrogens (tertiary/aromatic N) is 1. The summed E-state index contributed by atoms with van der Waals surface area (Å²) >= 11 is 12.4. The van der Waals surface area contributed by atoms with Crippen LogP contribution in [0.4, 0.5) is 9.59 Å². The zero-order chi connectivity index (χ0) is 23.1. The third kappa shape index (κ3) is 5.70. The summed E-state index contributed by atoms with van der Waals surface area (Å²) in [6.07, 6.45) is 2.53. The van der Waals surface area contributed by atoms with Crippen LogP contribution in [0.5, 0.6) is 0 Å². The molecule has 0 unspecified atom stereocenters. The van der Waals surface area contributed by atoms with Crippen molar-refractivity contribution in [3.8, 4) is 11.3 Å². The fourth-order valence-corrected chi connectivity index (χ4v) is 4.14. The number of benzene rings is 1. The van der Waals surface area contributed by atoms with Crippen molar-refractivity contribution >= 4 is 35.4 Å². The standard InChI is InChI=1S/C23H29Cl2N3O4/c1-3-9-26-22(29)31-13-16-17(14-32-23(30)27-10-4-2)21(28-11-5-6-20(16)28)15-7-8-18(24)19(25)12-15/h7-8,12H,3-6,9-11,13-14H2,1-2H3,(H,26,29)(H,27,30). The maximum absolute atomic E-state index is 12.1. The maximum atomic E-state index is 12.1. The van der Waals surface area contributed by atoms with Crippen LogP contribution in [0, 0.1) is 0 Å². The topological polar surface area (TPSA) is 81.6 Å². The van der Waals surface area contributed by atoms with Crippen LogP contribution in [0.1, 0.15) is 49.9 Å². The van der Waals surface area contributed by atoms with Crippen LogP contribution in [-0.4, -0.2) is 29.8 Å². The van der Waals surface area contributed by atoms with Crippen molar-refractivity contribution in [1.82, 2.24) is 15.2 Å². The number of carbonyl (C=O) groups is 2. The summed E-state index contributed by atoms with van der Waals surface area (Å²) in [4.78, 5) is 24.2. The number of aromatic nitrogens is 1. The number of rotatable bonds is 9. The summed E-state index contributed by atoms with van der Waals surface area (Å²) in [6.45, 7) is 6.01. The minimum atomic E-state index is -0.481. The average Bonchev–Trinajstić information content (AvgIpc) is 3.35. The van der Waals surface area contributed by atoms with Crippen molar-refractivity contribution in [3.63, 3.8) is 0 Å². The molecule has 2 amide bonds. The van der Waals surface area contributed by atoms with Gasteiger partial charge in [-0.2, -0.15) is 0 Å². The van der Waals surface area contributed by atoms with E-state index in [1.807, 2.05) is 26.0 Å². The van der Waals surface area contributed by atoms with Crippen LogP contribution >= 0.6 is 23.2 Å². The quantitative estimate of drug-likeness (QED) is 0.482. The third-order valence-corrected chi connectivity index (χ3v) is 6.06. The van der Waals surface area contributed by atoms with E-state index in [-0.39, 0.29) is 13.2 Å². The smallest absolute Gasteiger partial charge is 0.407 e. The van der Waals surface area contributed by atoms with Crippen LogP contribution in [0.2, 0.25) is 10.0 Å². The molecule has 9 heteroatoms. The largest absolute Gasteiger partial charge is 0.445 e. The van der Waals surface area contributed by atoms with Gasteiger partial charge < -0.3 is 24.7 Å². The number of ether oxygens (including phenoxy) is 2. The van der Waals surface area contributed by atoms with E-state index < -0.39 is 12.2 Å². The Labute approximate surface area is 198 Å². The van der Waals surface area contributed by atoms with Gasteiger partial charge in [0.25, 0.3) is 0 Å². The van der Waals surface area contributed by atoms with Gasteiger partial charge in [0.15, 0.2) is 0 Å². The van der Waals surface area contributed by atoms with Crippen molar-refractivity contribution in [2.45, 2.75) is 59.3 Å². The molecular formula is C23H29Cl2N3O4. The molecule has 3 rings (SSSR count). The molecule has 0 atom stereocenters. The first kappa shape index (κ1) is 24.3. The molecule has 1 aliphatic heterocycles. The number of nitrogens with one attached hydrogen (secondary N) is 2. The highest BCUT2D eigenvalue weighted by atomic mass is 35.5. The van der Waals surface area contributed by atoms with E-state index in [0.717, 1.165) is 60.3 Å². The number of hydrogen-bond acceptors (Lipinski definition) is 4. The van der Waals surface area contributed by atoms with Gasteiger partial charge in [-0.25, -0.2) is 9.59 Å². The molecule has 174 valence electrons. The summed E-state index contributed by atoms with van der Waals surface area (Å²) in [5.41, 5.74) is 4.55. The minimum Gasteiger partial charge on any atom is -0.445 e. The Hall–Kier alpha value is -2.38. The molecule has 1 aliphatic rings. The lowest BCUT2D eigenvalue weighted by Gasteiger charge is -2.13. The second kappa shape index (κ2) is 11.5. The fourth-order valence-electron chi connectivity index (χ4n) is 3.85. The van der Waals surface area contributed by atoms with Crippen molar-refractivity contribution in [2.75, 3.05) is 13.1 Å². The molecule has 0 fully saturated rings. The molecule has 2 N–H and O–H groups in total. The lowest BCUT2D eigenvalue weighted by molar-refractivity contribution is 0.132. The molecule has 0 radical (unpaired) electrons. The Balaban J connectivity index is 1.96. The van der Waals surface area contributed by atoms with E-state index in [1.54, 1.807) is 6.07 Å². The van der Waals surface area contributed by atoms with Crippen molar-refractivity contribution in [2.24, 2.45) is 0 Å². The molecule has 1 aromatic heterocycles. The van der Waals surface area contributed by atoms with E-state index in [9.17, 15) is 9.59 Å². The van der Waals surface area contributed by atoms with Gasteiger partial charge in [0, 0.05) is 42.0 Å². The predicted octanol–water partition coefficient (Wildman–Crippen LogP) is 5.68. The zero-order valence-electron chi connectivity index (χ0n) is 18.4. The van der Waals surface area contributed by atoms with Gasteiger partial charge in [-0.15, -0.1) is 0 Å². The Morgan fingerprint density at radius 2 is 1.59 bits per heavy atom. The molecule has 0 bridgehead atoms. The van der Waals surface area contributed by atoms with E-state index in [4.69, 9.17) is 32.7 Å². The number of carbonyl (C=O) groups excluding carboxylic acids is 2. The molecule has 0 saturated carbocycles. The number of hydrogen-bond donors (Lipinski definition) is 2. The lowest BCUT2D eigenvalue weighted by Crippen LogP contribution is -2.25. The summed E-state index contributed by atoms with van der Waals surface area (Å²) in [6, 6.07) is 5.46. The Kier molecular flexibility index (Phi) is 8.70. The molecule has 32 heavy (non-hydrogen) atoms. The molecule has 0 saturated heterocycles. The molecule has 0 aliphatic carbocycles. The third-order valence-electron chi connectivity index (χ3n) is 5.32. The monoisotopic (exact) mass is 481 g/mol. The van der Waals surface area contributed by atoms with Gasteiger partial charge in [0.05, 0.1) is 15.7 Å². The Morgan fingerprint density at radius 3 is 2.19 bits per heavy atom. The first-order chi connectivity index (χ1) is 15.5. The van der Waals surface area contributed by atoms with Gasteiger partial charge in [-0.05, 0) is 37.8 Å². The molecular weight excluding hydrogens is 453 g/mol. The van der Waals surface area contributed by atoms with Gasteiger partial charge in [-0.3, -0.25) is 0 Å². The van der Waals surface area contributed by atoms with Crippen LogP contribution in [-0.2, 0) is 35.7 Å². The van der Waals surface area contributed by atoms with E-state index in [2.05, 4.69) is 15.2 Å². The molecule has 0 spiro atoms. The second-order valence-electron chi connectivity index (χ2n) is 7.64. The highest BCUT2D eigenvalue weighted by molar-refractivity contribution is 6.42. The summed E-state index contributed by atoms with van der Waals surface area (Å²) in [5, 5.41) is 6.35. The molecule has 2 heterocycles. The number of fused-ring (bicyclic) bond motifs is 1. The van der Waals surface area contributed by atoms with Crippen molar-refractivity contribution < 1.29 is 19.1 Å². The Morgan fingerprint density at radius 1 is 0.969 bits per heavy atom. The van der Waals surface area contributed by atoms with E-state index >= 15 is 0 Å². The summed E-state index contributed by atoms with van der Waals surface area (Å²) in [7, 11) is 0. The maximum Gasteiger partial charge on any atom is 0.407 e. The second-order valence-corrected chi connectivity index (χ2v) is 8.46. The predicted molar refractivity (Wildman–Crippen MR) is 125 cm³/mol. The van der Waals surface area contributed by atoms with Crippen LogP contribution < -0.4 is 10.6 Å². The number of amides is 2. The van der Waals surface area contributed by atoms with Gasteiger partial charge >= 0.3 is 12.2 Å². The number of halogens is 2. The van der Waals surface area contributed by atoms with Crippen LogP contribution in [0.3, 0.4) is 0 Å². The van der Waals surface area contributed by atoms with Crippen LogP contribution in [0.25, 0.3) is 11.3 Å². The fraction of sp³-hybridized carbons (Fsp3) is 0.478. The van der Waals surface area contributed by atoms with Crippen LogP contribution in [0.15, 0.2) is 18.2 Å².